The molecule has 0 unspecified atom stereocenters. The molecule has 2 amide bonds. The van der Waals surface area contributed by atoms with E-state index in [0.717, 1.165) is 4.47 Å². The average Bonchev–Trinajstić information content (AvgIpc) is 2.74. The molecular weight excluding hydrogens is 460 g/mol. The van der Waals surface area contributed by atoms with E-state index in [1.165, 1.54) is 13.2 Å². The molecule has 0 aromatic heterocycles. The van der Waals surface area contributed by atoms with Crippen molar-refractivity contribution >= 4 is 51.0 Å². The van der Waals surface area contributed by atoms with Crippen molar-refractivity contribution in [2.24, 2.45) is 5.92 Å². The molecule has 1 fully saturated rings. The molecule has 1 aliphatic rings. The number of methoxy groups -OCH3 is 1. The van der Waals surface area contributed by atoms with Crippen LogP contribution < -0.4 is 5.32 Å². The van der Waals surface area contributed by atoms with Gasteiger partial charge in [-0.05, 0) is 55.3 Å². The van der Waals surface area contributed by atoms with E-state index in [4.69, 9.17) is 16.3 Å². The number of carbonyl (C=O) groups excluding carboxylic acids is 3. The lowest BCUT2D eigenvalue weighted by molar-refractivity contribution is -0.121. The summed E-state index contributed by atoms with van der Waals surface area (Å²) >= 11 is 9.31. The average molecular weight is 480 g/mol. The van der Waals surface area contributed by atoms with Gasteiger partial charge in [0.25, 0.3) is 5.91 Å². The van der Waals surface area contributed by atoms with Crippen LogP contribution in [0.5, 0.6) is 0 Å². The maximum absolute atomic E-state index is 12.7. The van der Waals surface area contributed by atoms with E-state index in [1.54, 1.807) is 29.2 Å². The minimum atomic E-state index is -0.572. The number of halogens is 2. The minimum absolute atomic E-state index is 0.0398. The molecule has 2 aromatic rings. The van der Waals surface area contributed by atoms with Gasteiger partial charge in [0.15, 0.2) is 0 Å². The number of ether oxygens (including phenoxy) is 1. The number of rotatable bonds is 4. The Morgan fingerprint density at radius 1 is 1.10 bits per heavy atom. The number of anilines is 1. The highest BCUT2D eigenvalue weighted by Gasteiger charge is 2.28. The van der Waals surface area contributed by atoms with E-state index in [1.807, 2.05) is 12.1 Å². The summed E-state index contributed by atoms with van der Waals surface area (Å²) in [6, 6.07) is 11.9. The van der Waals surface area contributed by atoms with E-state index < -0.39 is 5.97 Å². The quantitative estimate of drug-likeness (QED) is 0.660. The molecule has 1 N–H and O–H groups in total. The van der Waals surface area contributed by atoms with Crippen LogP contribution in [0.25, 0.3) is 0 Å². The number of likely N-dealkylation sites (tertiary alicyclic amines) is 1. The van der Waals surface area contributed by atoms with Gasteiger partial charge in [0, 0.05) is 34.1 Å². The molecule has 0 saturated carbocycles. The number of benzene rings is 2. The van der Waals surface area contributed by atoms with Gasteiger partial charge in [-0.15, -0.1) is 0 Å². The van der Waals surface area contributed by atoms with Gasteiger partial charge < -0.3 is 15.0 Å². The first-order valence-corrected chi connectivity index (χ1v) is 10.3. The zero-order chi connectivity index (χ0) is 21.0. The molecule has 3 rings (SSSR count). The lowest BCUT2D eigenvalue weighted by atomic mass is 9.95. The van der Waals surface area contributed by atoms with Crippen LogP contribution >= 0.6 is 27.5 Å². The lowest BCUT2D eigenvalue weighted by Crippen LogP contribution is -2.41. The molecule has 8 heteroatoms. The largest absolute Gasteiger partial charge is 0.465 e. The van der Waals surface area contributed by atoms with Crippen molar-refractivity contribution in [3.05, 3.63) is 63.1 Å². The number of esters is 1. The Hall–Kier alpha value is -2.38. The van der Waals surface area contributed by atoms with Crippen LogP contribution in [-0.2, 0) is 9.53 Å². The Balaban J connectivity index is 1.61. The molecule has 2 aromatic carbocycles. The third-order valence-corrected chi connectivity index (χ3v) is 5.65. The zero-order valence-electron chi connectivity index (χ0n) is 15.8. The minimum Gasteiger partial charge on any atom is -0.465 e. The van der Waals surface area contributed by atoms with Crippen LogP contribution in [0, 0.1) is 5.92 Å². The SMILES string of the molecule is COC(=O)c1cc(Cl)ccc1NC(=O)C1CCN(C(=O)c2ccc(Br)cc2)CC1. The number of nitrogens with one attached hydrogen (secondary N) is 1. The van der Waals surface area contributed by atoms with Gasteiger partial charge in [0.05, 0.1) is 18.4 Å². The van der Waals surface area contributed by atoms with Crippen molar-refractivity contribution in [3.8, 4) is 0 Å². The van der Waals surface area contributed by atoms with Crippen LogP contribution in [0.1, 0.15) is 33.6 Å². The Kier molecular flexibility index (Phi) is 6.92. The fourth-order valence-corrected chi connectivity index (χ4v) is 3.70. The number of hydrogen-bond acceptors (Lipinski definition) is 4. The second-order valence-electron chi connectivity index (χ2n) is 6.74. The zero-order valence-corrected chi connectivity index (χ0v) is 18.1. The van der Waals surface area contributed by atoms with Crippen molar-refractivity contribution in [2.75, 3.05) is 25.5 Å². The Bertz CT molecular complexity index is 925. The van der Waals surface area contributed by atoms with E-state index in [2.05, 4.69) is 21.2 Å². The molecule has 0 bridgehead atoms. The first-order valence-electron chi connectivity index (χ1n) is 9.12. The van der Waals surface area contributed by atoms with Gasteiger partial charge in [-0.2, -0.15) is 0 Å². The first kappa shape index (κ1) is 21.3. The van der Waals surface area contributed by atoms with E-state index >= 15 is 0 Å². The fourth-order valence-electron chi connectivity index (χ4n) is 3.26. The summed E-state index contributed by atoms with van der Waals surface area (Å²) in [6.07, 6.45) is 1.10. The third kappa shape index (κ3) is 5.16. The third-order valence-electron chi connectivity index (χ3n) is 4.89. The first-order chi connectivity index (χ1) is 13.9. The number of piperidine rings is 1. The maximum atomic E-state index is 12.7. The number of hydrogen-bond donors (Lipinski definition) is 1. The molecule has 1 aliphatic heterocycles. The van der Waals surface area contributed by atoms with E-state index in [-0.39, 0.29) is 23.3 Å². The summed E-state index contributed by atoms with van der Waals surface area (Å²) in [5, 5.41) is 3.18. The van der Waals surface area contributed by atoms with Crippen molar-refractivity contribution in [1.82, 2.24) is 4.90 Å². The van der Waals surface area contributed by atoms with Crippen LogP contribution in [-0.4, -0.2) is 42.9 Å². The second kappa shape index (κ2) is 9.41. The van der Waals surface area contributed by atoms with Crippen LogP contribution in [0.4, 0.5) is 5.69 Å². The summed E-state index contributed by atoms with van der Waals surface area (Å²) in [4.78, 5) is 39.0. The van der Waals surface area contributed by atoms with Crippen molar-refractivity contribution in [3.63, 3.8) is 0 Å². The summed E-state index contributed by atoms with van der Waals surface area (Å²) in [7, 11) is 1.27. The summed E-state index contributed by atoms with van der Waals surface area (Å²) in [6.45, 7) is 0.995. The molecule has 0 atom stereocenters. The van der Waals surface area contributed by atoms with Crippen LogP contribution in [0.3, 0.4) is 0 Å². The smallest absolute Gasteiger partial charge is 0.340 e. The molecule has 1 heterocycles. The molecule has 152 valence electrons. The van der Waals surface area contributed by atoms with Gasteiger partial charge in [0.2, 0.25) is 5.91 Å². The molecule has 6 nitrogen and oxygen atoms in total. The summed E-state index contributed by atoms with van der Waals surface area (Å²) in [5.74, 6) is -1.04. The Labute approximate surface area is 182 Å². The van der Waals surface area contributed by atoms with Gasteiger partial charge in [-0.1, -0.05) is 27.5 Å². The highest BCUT2D eigenvalue weighted by atomic mass is 79.9. The van der Waals surface area contributed by atoms with Crippen molar-refractivity contribution in [2.45, 2.75) is 12.8 Å². The topological polar surface area (TPSA) is 75.7 Å². The monoisotopic (exact) mass is 478 g/mol. The molecular formula is C21H20BrClN2O4. The van der Waals surface area contributed by atoms with E-state index in [9.17, 15) is 14.4 Å². The predicted octanol–water partition coefficient (Wildman–Crippen LogP) is 4.38. The predicted molar refractivity (Wildman–Crippen MR) is 114 cm³/mol. The number of amides is 2. The maximum Gasteiger partial charge on any atom is 0.340 e. The van der Waals surface area contributed by atoms with Crippen LogP contribution in [0.2, 0.25) is 5.02 Å². The second-order valence-corrected chi connectivity index (χ2v) is 8.10. The van der Waals surface area contributed by atoms with Gasteiger partial charge in [-0.3, -0.25) is 9.59 Å². The van der Waals surface area contributed by atoms with Gasteiger partial charge in [-0.25, -0.2) is 4.79 Å². The summed E-state index contributed by atoms with van der Waals surface area (Å²) in [5.41, 5.74) is 1.19. The Morgan fingerprint density at radius 3 is 2.38 bits per heavy atom. The van der Waals surface area contributed by atoms with Crippen molar-refractivity contribution < 1.29 is 19.1 Å². The summed E-state index contributed by atoms with van der Waals surface area (Å²) < 4.78 is 5.67. The highest BCUT2D eigenvalue weighted by molar-refractivity contribution is 9.10. The lowest BCUT2D eigenvalue weighted by Gasteiger charge is -2.31. The standard InChI is InChI=1S/C21H20BrClN2O4/c1-29-21(28)17-12-16(23)6-7-18(17)24-19(26)13-8-10-25(11-9-13)20(27)14-2-4-15(22)5-3-14/h2-7,12-13H,8-11H2,1H3,(H,24,26). The molecule has 0 radical (unpaired) electrons. The Morgan fingerprint density at radius 2 is 1.76 bits per heavy atom. The fraction of sp³-hybridized carbons (Fsp3) is 0.286. The molecule has 0 spiro atoms. The molecule has 1 saturated heterocycles. The number of carbonyl (C=O) groups is 3. The van der Waals surface area contributed by atoms with E-state index in [0.29, 0.717) is 42.2 Å². The highest BCUT2D eigenvalue weighted by Crippen LogP contribution is 2.25. The van der Waals surface area contributed by atoms with Gasteiger partial charge in [0.1, 0.15) is 0 Å². The molecule has 0 aliphatic carbocycles. The normalized spacial score (nSPS) is 14.4. The molecule has 29 heavy (non-hydrogen) atoms. The van der Waals surface area contributed by atoms with Crippen LogP contribution in [0.15, 0.2) is 46.9 Å². The number of nitrogens with zero attached hydrogens (tertiary/aromatic N) is 1. The van der Waals surface area contributed by atoms with Crippen molar-refractivity contribution in [1.29, 1.82) is 0 Å². The van der Waals surface area contributed by atoms with Gasteiger partial charge >= 0.3 is 5.97 Å².